The van der Waals surface area contributed by atoms with Gasteiger partial charge in [-0.15, -0.1) is 0 Å². The van der Waals surface area contributed by atoms with Crippen molar-refractivity contribution in [2.24, 2.45) is 0 Å². The van der Waals surface area contributed by atoms with Gasteiger partial charge in [0.2, 0.25) is 0 Å². The molecule has 1 atom stereocenters. The van der Waals surface area contributed by atoms with Crippen LogP contribution < -0.4 is 0 Å². The molecule has 0 bridgehead atoms. The van der Waals surface area contributed by atoms with Gasteiger partial charge in [0.05, 0.1) is 16.1 Å². The fraction of sp³-hybridized carbons (Fsp3) is 0.533. The summed E-state index contributed by atoms with van der Waals surface area (Å²) in [5.74, 6) is -0.915. The molecular formula is C15H19Cl2NO3. The quantitative estimate of drug-likeness (QED) is 0.895. The largest absolute Gasteiger partial charge is 0.480 e. The van der Waals surface area contributed by atoms with Crippen molar-refractivity contribution in [2.45, 2.75) is 31.9 Å². The van der Waals surface area contributed by atoms with Crippen LogP contribution in [0.25, 0.3) is 0 Å². The van der Waals surface area contributed by atoms with Crippen LogP contribution in [0, 0.1) is 0 Å². The minimum atomic E-state index is -0.915. The van der Waals surface area contributed by atoms with Gasteiger partial charge in [-0.05, 0) is 37.5 Å². The maximum absolute atomic E-state index is 10.5. The summed E-state index contributed by atoms with van der Waals surface area (Å²) < 4.78 is 5.35. The molecule has 4 nitrogen and oxygen atoms in total. The second kappa shape index (κ2) is 7.45. The summed E-state index contributed by atoms with van der Waals surface area (Å²) in [6.45, 7) is 3.68. The van der Waals surface area contributed by atoms with Crippen LogP contribution in [0.5, 0.6) is 0 Å². The normalized spacial score (nSPS) is 18.6. The predicted octanol–water partition coefficient (Wildman–Crippen LogP) is 3.62. The molecule has 1 aliphatic rings. The van der Waals surface area contributed by atoms with E-state index in [0.29, 0.717) is 10.0 Å². The van der Waals surface area contributed by atoms with Crippen molar-refractivity contribution in [3.05, 3.63) is 33.8 Å². The second-order valence-electron chi connectivity index (χ2n) is 5.29. The van der Waals surface area contributed by atoms with Crippen molar-refractivity contribution in [3.63, 3.8) is 0 Å². The van der Waals surface area contributed by atoms with Crippen molar-refractivity contribution in [1.29, 1.82) is 0 Å². The van der Waals surface area contributed by atoms with Gasteiger partial charge in [-0.3, -0.25) is 4.90 Å². The lowest BCUT2D eigenvalue weighted by Gasteiger charge is -2.36. The number of aliphatic carboxylic acids is 1. The van der Waals surface area contributed by atoms with Crippen LogP contribution in [0.3, 0.4) is 0 Å². The average molecular weight is 332 g/mol. The summed E-state index contributed by atoms with van der Waals surface area (Å²) >= 11 is 12.0. The molecule has 116 valence electrons. The minimum absolute atomic E-state index is 0.0401. The molecule has 0 spiro atoms. The fourth-order valence-electron chi connectivity index (χ4n) is 2.60. The standard InChI is InChI=1S/C15H19Cl2NO3/c1-10(11-2-3-13(16)14(17)8-11)18-6-4-12(5-7-18)21-9-15(19)20/h2-3,8,10,12H,4-7,9H2,1H3,(H,19,20). The maximum atomic E-state index is 10.5. The van der Waals surface area contributed by atoms with Gasteiger partial charge < -0.3 is 9.84 Å². The highest BCUT2D eigenvalue weighted by Crippen LogP contribution is 2.30. The Morgan fingerprint density at radius 2 is 2.05 bits per heavy atom. The number of hydrogen-bond acceptors (Lipinski definition) is 3. The Hall–Kier alpha value is -0.810. The highest BCUT2D eigenvalue weighted by atomic mass is 35.5. The number of hydrogen-bond donors (Lipinski definition) is 1. The molecule has 0 saturated carbocycles. The van der Waals surface area contributed by atoms with Crippen LogP contribution in [-0.2, 0) is 9.53 Å². The van der Waals surface area contributed by atoms with E-state index < -0.39 is 5.97 Å². The van der Waals surface area contributed by atoms with Crippen LogP contribution in [0.2, 0.25) is 10.0 Å². The van der Waals surface area contributed by atoms with E-state index in [1.807, 2.05) is 18.2 Å². The monoisotopic (exact) mass is 331 g/mol. The molecule has 1 N–H and O–H groups in total. The Labute approximate surface area is 134 Å². The smallest absolute Gasteiger partial charge is 0.329 e. The number of nitrogens with zero attached hydrogens (tertiary/aromatic N) is 1. The van der Waals surface area contributed by atoms with E-state index in [0.717, 1.165) is 31.5 Å². The molecule has 0 radical (unpaired) electrons. The molecular weight excluding hydrogens is 313 g/mol. The van der Waals surface area contributed by atoms with Gasteiger partial charge in [0.15, 0.2) is 0 Å². The minimum Gasteiger partial charge on any atom is -0.480 e. The first-order valence-corrected chi connectivity index (χ1v) is 7.75. The van der Waals surface area contributed by atoms with Gasteiger partial charge in [0, 0.05) is 19.1 Å². The molecule has 0 aliphatic carbocycles. The molecule has 1 heterocycles. The topological polar surface area (TPSA) is 49.8 Å². The van der Waals surface area contributed by atoms with Gasteiger partial charge in [-0.1, -0.05) is 29.3 Å². The first-order valence-electron chi connectivity index (χ1n) is 6.99. The summed E-state index contributed by atoms with van der Waals surface area (Å²) in [6.07, 6.45) is 1.73. The Morgan fingerprint density at radius 1 is 1.38 bits per heavy atom. The number of carboxylic acids is 1. The zero-order valence-corrected chi connectivity index (χ0v) is 13.4. The predicted molar refractivity (Wildman–Crippen MR) is 83.1 cm³/mol. The van der Waals surface area contributed by atoms with Crippen molar-refractivity contribution in [3.8, 4) is 0 Å². The number of benzene rings is 1. The van der Waals surface area contributed by atoms with E-state index in [9.17, 15) is 4.79 Å². The van der Waals surface area contributed by atoms with E-state index >= 15 is 0 Å². The first-order chi connectivity index (χ1) is 9.97. The molecule has 1 fully saturated rings. The third-order valence-electron chi connectivity index (χ3n) is 3.89. The number of halogens is 2. The van der Waals surface area contributed by atoms with Crippen molar-refractivity contribution < 1.29 is 14.6 Å². The number of carboxylic acid groups (broad SMARTS) is 1. The highest BCUT2D eigenvalue weighted by Gasteiger charge is 2.24. The van der Waals surface area contributed by atoms with Crippen LogP contribution in [0.15, 0.2) is 18.2 Å². The number of piperidine rings is 1. The maximum Gasteiger partial charge on any atom is 0.329 e. The summed E-state index contributed by atoms with van der Waals surface area (Å²) in [6, 6.07) is 5.96. The molecule has 1 unspecified atom stereocenters. The Kier molecular flexibility index (Phi) is 5.88. The van der Waals surface area contributed by atoms with Crippen molar-refractivity contribution in [1.82, 2.24) is 4.90 Å². The van der Waals surface area contributed by atoms with E-state index in [1.54, 1.807) is 0 Å². The third kappa shape index (κ3) is 4.58. The molecule has 6 heteroatoms. The van der Waals surface area contributed by atoms with Crippen molar-refractivity contribution in [2.75, 3.05) is 19.7 Å². The third-order valence-corrected chi connectivity index (χ3v) is 4.63. The number of likely N-dealkylation sites (tertiary alicyclic amines) is 1. The molecule has 1 aliphatic heterocycles. The highest BCUT2D eigenvalue weighted by molar-refractivity contribution is 6.42. The van der Waals surface area contributed by atoms with Gasteiger partial charge >= 0.3 is 5.97 Å². The Balaban J connectivity index is 1.89. The summed E-state index contributed by atoms with van der Waals surface area (Å²) in [5, 5.41) is 9.76. The van der Waals surface area contributed by atoms with E-state index in [1.165, 1.54) is 0 Å². The number of carbonyl (C=O) groups is 1. The van der Waals surface area contributed by atoms with Gasteiger partial charge in [-0.2, -0.15) is 0 Å². The summed E-state index contributed by atoms with van der Waals surface area (Å²) in [5.41, 5.74) is 1.13. The number of rotatable bonds is 5. The molecule has 2 rings (SSSR count). The molecule has 0 amide bonds. The molecule has 1 saturated heterocycles. The molecule has 0 aromatic heterocycles. The summed E-state index contributed by atoms with van der Waals surface area (Å²) in [7, 11) is 0. The second-order valence-corrected chi connectivity index (χ2v) is 6.10. The molecule has 1 aromatic carbocycles. The lowest BCUT2D eigenvalue weighted by atomic mass is 10.0. The van der Waals surface area contributed by atoms with Gasteiger partial charge in [0.1, 0.15) is 6.61 Å². The zero-order chi connectivity index (χ0) is 15.4. The number of ether oxygens (including phenoxy) is 1. The van der Waals surface area contributed by atoms with Crippen LogP contribution >= 0.6 is 23.2 Å². The van der Waals surface area contributed by atoms with Crippen LogP contribution in [-0.4, -0.2) is 41.8 Å². The van der Waals surface area contributed by atoms with Crippen molar-refractivity contribution >= 4 is 29.2 Å². The van der Waals surface area contributed by atoms with E-state index in [-0.39, 0.29) is 18.8 Å². The lowest BCUT2D eigenvalue weighted by Crippen LogP contribution is -2.39. The van der Waals surface area contributed by atoms with Crippen LogP contribution in [0.1, 0.15) is 31.4 Å². The van der Waals surface area contributed by atoms with Gasteiger partial charge in [-0.25, -0.2) is 4.79 Å². The zero-order valence-electron chi connectivity index (χ0n) is 11.9. The Bertz CT molecular complexity index is 502. The van der Waals surface area contributed by atoms with Gasteiger partial charge in [0.25, 0.3) is 0 Å². The summed E-state index contributed by atoms with van der Waals surface area (Å²) in [4.78, 5) is 12.8. The lowest BCUT2D eigenvalue weighted by molar-refractivity contribution is -0.145. The van der Waals surface area contributed by atoms with E-state index in [2.05, 4.69) is 11.8 Å². The molecule has 21 heavy (non-hydrogen) atoms. The molecule has 1 aromatic rings. The average Bonchev–Trinajstić information content (AvgIpc) is 2.48. The first kappa shape index (κ1) is 16.6. The van der Waals surface area contributed by atoms with E-state index in [4.69, 9.17) is 33.0 Å². The van der Waals surface area contributed by atoms with Crippen LogP contribution in [0.4, 0.5) is 0 Å². The fourth-order valence-corrected chi connectivity index (χ4v) is 2.91. The Morgan fingerprint density at radius 3 is 2.62 bits per heavy atom. The SMILES string of the molecule is CC(c1ccc(Cl)c(Cl)c1)N1CCC(OCC(=O)O)CC1.